The van der Waals surface area contributed by atoms with Gasteiger partial charge in [-0.1, -0.05) is 51.0 Å². The first-order chi connectivity index (χ1) is 18.5. The number of alkyl halides is 3. The van der Waals surface area contributed by atoms with Gasteiger partial charge in [-0.25, -0.2) is 9.79 Å². The molecule has 0 radical (unpaired) electrons. The van der Waals surface area contributed by atoms with Gasteiger partial charge >= 0.3 is 12.1 Å². The van der Waals surface area contributed by atoms with E-state index in [2.05, 4.69) is 36.9 Å². The summed E-state index contributed by atoms with van der Waals surface area (Å²) in [5, 5.41) is 9.26. The number of carbonyl (C=O) groups is 1. The Morgan fingerprint density at radius 1 is 1.28 bits per heavy atom. The highest BCUT2D eigenvalue weighted by atomic mass is 79.9. The molecule has 4 rings (SSSR count). The van der Waals surface area contributed by atoms with E-state index in [9.17, 15) is 22.8 Å². The Labute approximate surface area is 244 Å². The molecular weight excluding hydrogens is 691 g/mol. The summed E-state index contributed by atoms with van der Waals surface area (Å²) in [6, 6.07) is 9.43. The Kier molecular flexibility index (Phi) is 8.70. The van der Waals surface area contributed by atoms with E-state index in [0.29, 0.717) is 30.9 Å². The smallest absolute Gasteiger partial charge is 0.434 e. The monoisotopic (exact) mass is 703 g/mol. The molecule has 2 heterocycles. The summed E-state index contributed by atoms with van der Waals surface area (Å²) in [5.74, 6) is -0.992. The fourth-order valence-corrected chi connectivity index (χ4v) is 6.38. The fourth-order valence-electron chi connectivity index (χ4n) is 3.89. The number of benzene rings is 2. The van der Waals surface area contributed by atoms with Crippen LogP contribution in [0.4, 0.5) is 13.2 Å². The quantitative estimate of drug-likeness (QED) is 0.320. The maximum Gasteiger partial charge on any atom is 0.434 e. The van der Waals surface area contributed by atoms with Gasteiger partial charge in [0.2, 0.25) is 0 Å². The Bertz CT molecular complexity index is 1710. The van der Waals surface area contributed by atoms with Gasteiger partial charge in [0.15, 0.2) is 17.1 Å². The van der Waals surface area contributed by atoms with E-state index in [1.54, 1.807) is 12.1 Å². The van der Waals surface area contributed by atoms with Crippen LogP contribution in [-0.4, -0.2) is 29.9 Å². The summed E-state index contributed by atoms with van der Waals surface area (Å²) in [6.07, 6.45) is -3.60. The Hall–Kier alpha value is -2.92. The van der Waals surface area contributed by atoms with E-state index in [-0.39, 0.29) is 33.9 Å². The summed E-state index contributed by atoms with van der Waals surface area (Å²) in [4.78, 5) is 30.1. The molecule has 1 atom stereocenters. The van der Waals surface area contributed by atoms with Crippen molar-refractivity contribution in [3.63, 3.8) is 0 Å². The number of nitrogens with zero attached hydrogens (tertiary/aromatic N) is 3. The van der Waals surface area contributed by atoms with Crippen molar-refractivity contribution in [3.8, 4) is 11.8 Å². The van der Waals surface area contributed by atoms with Gasteiger partial charge in [-0.15, -0.1) is 0 Å². The Balaban J connectivity index is 2.05. The third-order valence-electron chi connectivity index (χ3n) is 5.39. The number of nitriles is 1. The highest BCUT2D eigenvalue weighted by Crippen LogP contribution is 2.39. The van der Waals surface area contributed by atoms with Crippen LogP contribution in [-0.2, 0) is 9.53 Å². The third-order valence-corrected chi connectivity index (χ3v) is 7.67. The summed E-state index contributed by atoms with van der Waals surface area (Å²) in [6.45, 7) is 0.992. The minimum absolute atomic E-state index is 0.0196. The molecule has 0 spiro atoms. The molecule has 0 amide bonds. The van der Waals surface area contributed by atoms with Gasteiger partial charge in [-0.3, -0.25) is 9.36 Å². The highest BCUT2D eigenvalue weighted by molar-refractivity contribution is 9.11. The predicted octanol–water partition coefficient (Wildman–Crippen LogP) is 5.42. The van der Waals surface area contributed by atoms with Crippen LogP contribution in [0.15, 0.2) is 66.4 Å². The minimum atomic E-state index is -5.02. The molecule has 0 saturated heterocycles. The van der Waals surface area contributed by atoms with E-state index in [1.165, 1.54) is 37.3 Å². The van der Waals surface area contributed by atoms with Crippen LogP contribution in [0.3, 0.4) is 0 Å². The molecule has 1 aliphatic heterocycles. The maximum absolute atomic E-state index is 14.2. The number of thiazole rings is 1. The molecule has 0 fully saturated rings. The number of esters is 1. The lowest BCUT2D eigenvalue weighted by molar-refractivity contribution is -0.140. The lowest BCUT2D eigenvalue weighted by atomic mass is 9.95. The maximum atomic E-state index is 14.2. The van der Waals surface area contributed by atoms with Crippen LogP contribution < -0.4 is 19.6 Å². The molecule has 3 aromatic rings. The molecule has 2 aromatic carbocycles. The highest BCUT2D eigenvalue weighted by Gasteiger charge is 2.45. The van der Waals surface area contributed by atoms with Gasteiger partial charge in [0.1, 0.15) is 11.8 Å². The molecule has 14 heteroatoms. The zero-order chi connectivity index (χ0) is 28.5. The molecule has 7 nitrogen and oxygen atoms in total. The number of allylic oxidation sites excluding steroid dienone is 1. The summed E-state index contributed by atoms with van der Waals surface area (Å²) in [7, 11) is 0. The molecule has 1 aromatic heterocycles. The van der Waals surface area contributed by atoms with Crippen molar-refractivity contribution in [2.75, 3.05) is 13.2 Å². The first-order valence-corrected chi connectivity index (χ1v) is 13.8. The van der Waals surface area contributed by atoms with Gasteiger partial charge in [-0.05, 0) is 58.8 Å². The molecule has 0 bridgehead atoms. The Morgan fingerprint density at radius 2 is 1.97 bits per heavy atom. The first kappa shape index (κ1) is 29.1. The number of fused-ring (bicyclic) bond motifs is 1. The SMILES string of the molecule is CCOC(=O)C1=C(C(F)(F)F)N=c2s/c(=C\c3cc(Br)cc(Br)c3OCC#N)c(=O)n2[C@H]1c1ccc(Cl)cc1. The third kappa shape index (κ3) is 5.99. The fraction of sp³-hybridized carbons (Fsp3) is 0.200. The number of hydrogen-bond donors (Lipinski definition) is 0. The molecular formula is C25H15Br2ClF3N3O4S. The standard InChI is InChI=1S/C25H15Br2ClF3N3O4S/c1-2-37-23(36)18-19(12-3-5-15(28)6-4-12)34-22(35)17(39-24(34)33-21(18)25(29,30)31)10-13-9-14(26)11-16(27)20(13)38-8-7-32/h3-6,9-11,19H,2,8H2,1H3/b17-10-/t19-/m0/s1. The van der Waals surface area contributed by atoms with Crippen molar-refractivity contribution >= 4 is 66.8 Å². The number of hydrogen-bond acceptors (Lipinski definition) is 7. The van der Waals surface area contributed by atoms with Crippen LogP contribution in [0.5, 0.6) is 5.75 Å². The zero-order valence-corrected chi connectivity index (χ0v) is 24.4. The van der Waals surface area contributed by atoms with Gasteiger partial charge in [0.05, 0.1) is 27.2 Å². The van der Waals surface area contributed by atoms with Gasteiger partial charge in [-0.2, -0.15) is 18.4 Å². The molecule has 39 heavy (non-hydrogen) atoms. The summed E-state index contributed by atoms with van der Waals surface area (Å²) < 4.78 is 55.3. The second kappa shape index (κ2) is 11.7. The number of rotatable bonds is 6. The predicted molar refractivity (Wildman–Crippen MR) is 145 cm³/mol. The van der Waals surface area contributed by atoms with E-state index in [0.717, 1.165) is 4.57 Å². The van der Waals surface area contributed by atoms with Crippen molar-refractivity contribution in [1.29, 1.82) is 5.26 Å². The number of aromatic nitrogens is 1. The molecule has 0 saturated carbocycles. The van der Waals surface area contributed by atoms with Crippen molar-refractivity contribution in [1.82, 2.24) is 4.57 Å². The van der Waals surface area contributed by atoms with E-state index >= 15 is 0 Å². The molecule has 202 valence electrons. The number of carbonyl (C=O) groups excluding carboxylic acids is 1. The van der Waals surface area contributed by atoms with Crippen LogP contribution in [0.1, 0.15) is 24.1 Å². The van der Waals surface area contributed by atoms with Crippen molar-refractivity contribution in [3.05, 3.63) is 92.5 Å². The van der Waals surface area contributed by atoms with Crippen LogP contribution >= 0.6 is 54.8 Å². The topological polar surface area (TPSA) is 93.7 Å². The van der Waals surface area contributed by atoms with Crippen LogP contribution in [0.25, 0.3) is 6.08 Å². The molecule has 0 unspecified atom stereocenters. The van der Waals surface area contributed by atoms with Crippen molar-refractivity contribution in [2.24, 2.45) is 4.99 Å². The number of ether oxygens (including phenoxy) is 2. The van der Waals surface area contributed by atoms with Crippen LogP contribution in [0, 0.1) is 11.3 Å². The van der Waals surface area contributed by atoms with Crippen LogP contribution in [0.2, 0.25) is 5.02 Å². The van der Waals surface area contributed by atoms with Gasteiger partial charge in [0.25, 0.3) is 5.56 Å². The normalized spacial score (nSPS) is 15.4. The second-order valence-electron chi connectivity index (χ2n) is 7.87. The molecule has 1 aliphatic rings. The first-order valence-electron chi connectivity index (χ1n) is 11.0. The molecule has 0 N–H and O–H groups in total. The number of halogens is 6. The van der Waals surface area contributed by atoms with E-state index in [1.807, 2.05) is 6.07 Å². The van der Waals surface area contributed by atoms with Gasteiger partial charge in [0, 0.05) is 15.1 Å². The average molecular weight is 706 g/mol. The van der Waals surface area contributed by atoms with Gasteiger partial charge < -0.3 is 9.47 Å². The van der Waals surface area contributed by atoms with Crippen molar-refractivity contribution < 1.29 is 27.4 Å². The summed E-state index contributed by atoms with van der Waals surface area (Å²) >= 11 is 13.4. The van der Waals surface area contributed by atoms with Crippen molar-refractivity contribution in [2.45, 2.75) is 19.1 Å². The molecule has 0 aliphatic carbocycles. The largest absolute Gasteiger partial charge is 0.477 e. The van der Waals surface area contributed by atoms with E-state index in [4.69, 9.17) is 26.3 Å². The zero-order valence-electron chi connectivity index (χ0n) is 19.7. The average Bonchev–Trinajstić information content (AvgIpc) is 3.17. The lowest BCUT2D eigenvalue weighted by Crippen LogP contribution is -2.41. The Morgan fingerprint density at radius 3 is 2.59 bits per heavy atom. The lowest BCUT2D eigenvalue weighted by Gasteiger charge is -2.26. The second-order valence-corrected chi connectivity index (χ2v) is 11.1. The summed E-state index contributed by atoms with van der Waals surface area (Å²) in [5.41, 5.74) is -2.37. The minimum Gasteiger partial charge on any atom is -0.477 e. The van der Waals surface area contributed by atoms with E-state index < -0.39 is 35.0 Å².